The molecule has 26 heavy (non-hydrogen) atoms. The Hall–Kier alpha value is -3.28. The number of methoxy groups -OCH3 is 3. The van der Waals surface area contributed by atoms with Crippen LogP contribution >= 0.6 is 0 Å². The minimum atomic E-state index is -0.320. The molecule has 0 heterocycles. The summed E-state index contributed by atoms with van der Waals surface area (Å²) in [5.74, 6) is 1.10. The number of nitrogens with one attached hydrogen (secondary N) is 1. The minimum absolute atomic E-state index is 0.0611. The van der Waals surface area contributed by atoms with Crippen LogP contribution in [-0.2, 0) is 4.79 Å². The summed E-state index contributed by atoms with van der Waals surface area (Å²) >= 11 is 0. The van der Waals surface area contributed by atoms with E-state index < -0.39 is 0 Å². The Bertz CT molecular complexity index is 817. The molecule has 136 valence electrons. The first-order valence-corrected chi connectivity index (χ1v) is 7.88. The van der Waals surface area contributed by atoms with Crippen LogP contribution < -0.4 is 19.5 Å². The second-order valence-corrected chi connectivity index (χ2v) is 5.42. The van der Waals surface area contributed by atoms with Gasteiger partial charge >= 0.3 is 0 Å². The highest BCUT2D eigenvalue weighted by Crippen LogP contribution is 2.38. The Balaban J connectivity index is 2.17. The van der Waals surface area contributed by atoms with Gasteiger partial charge in [0.1, 0.15) is 0 Å². The zero-order chi connectivity index (χ0) is 19.1. The first-order valence-electron chi connectivity index (χ1n) is 7.88. The van der Waals surface area contributed by atoms with E-state index >= 15 is 0 Å². The van der Waals surface area contributed by atoms with E-state index in [4.69, 9.17) is 14.2 Å². The van der Waals surface area contributed by atoms with Gasteiger partial charge in [-0.3, -0.25) is 9.59 Å². The highest BCUT2D eigenvalue weighted by atomic mass is 16.5. The maximum absolute atomic E-state index is 12.1. The van der Waals surface area contributed by atoms with Gasteiger partial charge < -0.3 is 19.5 Å². The van der Waals surface area contributed by atoms with Gasteiger partial charge in [0.25, 0.3) is 0 Å². The topological polar surface area (TPSA) is 73.9 Å². The van der Waals surface area contributed by atoms with Crippen molar-refractivity contribution in [1.82, 2.24) is 0 Å². The van der Waals surface area contributed by atoms with Crippen LogP contribution in [0.15, 0.2) is 42.5 Å². The predicted octanol–water partition coefficient (Wildman–Crippen LogP) is 3.57. The maximum atomic E-state index is 12.1. The molecule has 2 rings (SSSR count). The molecule has 0 saturated carbocycles. The molecule has 0 aromatic heterocycles. The van der Waals surface area contributed by atoms with Gasteiger partial charge in [0.2, 0.25) is 11.7 Å². The molecule has 6 nitrogen and oxygen atoms in total. The Morgan fingerprint density at radius 3 is 2.15 bits per heavy atom. The molecular weight excluding hydrogens is 334 g/mol. The van der Waals surface area contributed by atoms with E-state index in [2.05, 4.69) is 5.32 Å². The first-order chi connectivity index (χ1) is 12.5. The molecule has 0 fully saturated rings. The third-order valence-electron chi connectivity index (χ3n) is 3.65. The van der Waals surface area contributed by atoms with Crippen LogP contribution in [-0.4, -0.2) is 33.0 Å². The fourth-order valence-corrected chi connectivity index (χ4v) is 2.37. The van der Waals surface area contributed by atoms with Crippen molar-refractivity contribution in [3.05, 3.63) is 53.6 Å². The minimum Gasteiger partial charge on any atom is -0.493 e. The molecule has 0 unspecified atom stereocenters. The number of carbonyl (C=O) groups is 2. The number of carbonyl (C=O) groups excluding carboxylic acids is 2. The molecule has 0 bridgehead atoms. The number of rotatable bonds is 7. The van der Waals surface area contributed by atoms with Crippen molar-refractivity contribution in [2.75, 3.05) is 26.6 Å². The summed E-state index contributed by atoms with van der Waals surface area (Å²) in [5, 5.41) is 2.72. The number of benzene rings is 2. The number of Topliss-reactive ketones (excluding diaryl/α,β-unsaturated/α-hetero) is 1. The predicted molar refractivity (Wildman–Crippen MR) is 100 cm³/mol. The summed E-state index contributed by atoms with van der Waals surface area (Å²) in [4.78, 5) is 23.5. The molecule has 1 amide bonds. The average Bonchev–Trinajstić information content (AvgIpc) is 2.65. The molecule has 2 aromatic carbocycles. The van der Waals surface area contributed by atoms with Gasteiger partial charge in [-0.15, -0.1) is 0 Å². The average molecular weight is 355 g/mol. The summed E-state index contributed by atoms with van der Waals surface area (Å²) in [5.41, 5.74) is 1.81. The van der Waals surface area contributed by atoms with Crippen molar-refractivity contribution in [2.45, 2.75) is 6.92 Å². The number of ketones is 1. The van der Waals surface area contributed by atoms with Crippen molar-refractivity contribution >= 4 is 23.5 Å². The third-order valence-corrected chi connectivity index (χ3v) is 3.65. The number of ether oxygens (including phenoxy) is 3. The van der Waals surface area contributed by atoms with Crippen LogP contribution in [0, 0.1) is 0 Å². The molecule has 6 heteroatoms. The lowest BCUT2D eigenvalue weighted by atomic mass is 10.1. The van der Waals surface area contributed by atoms with Crippen LogP contribution in [0.1, 0.15) is 22.8 Å². The fourth-order valence-electron chi connectivity index (χ4n) is 2.37. The molecule has 0 aliphatic carbocycles. The monoisotopic (exact) mass is 355 g/mol. The Kier molecular flexibility index (Phi) is 6.38. The lowest BCUT2D eigenvalue weighted by Crippen LogP contribution is -2.08. The summed E-state index contributed by atoms with van der Waals surface area (Å²) in [6.07, 6.45) is 3.02. The molecule has 0 saturated heterocycles. The number of amides is 1. The molecule has 0 spiro atoms. The number of hydrogen-bond donors (Lipinski definition) is 1. The van der Waals surface area contributed by atoms with Crippen molar-refractivity contribution in [3.8, 4) is 17.2 Å². The van der Waals surface area contributed by atoms with Gasteiger partial charge in [-0.25, -0.2) is 0 Å². The van der Waals surface area contributed by atoms with Gasteiger partial charge in [0, 0.05) is 17.3 Å². The van der Waals surface area contributed by atoms with Crippen LogP contribution in [0.3, 0.4) is 0 Å². The molecule has 1 N–H and O–H groups in total. The van der Waals surface area contributed by atoms with E-state index in [-0.39, 0.29) is 11.7 Å². The summed E-state index contributed by atoms with van der Waals surface area (Å²) in [6.45, 7) is 1.48. The quantitative estimate of drug-likeness (QED) is 0.607. The van der Waals surface area contributed by atoms with E-state index in [0.717, 1.165) is 0 Å². The molecule has 0 aliphatic heterocycles. The lowest BCUT2D eigenvalue weighted by Gasteiger charge is -2.12. The largest absolute Gasteiger partial charge is 0.493 e. The van der Waals surface area contributed by atoms with Gasteiger partial charge in [-0.1, -0.05) is 12.1 Å². The van der Waals surface area contributed by atoms with E-state index in [0.29, 0.717) is 34.1 Å². The Labute approximate surface area is 152 Å². The Morgan fingerprint density at radius 1 is 0.962 bits per heavy atom. The fraction of sp³-hybridized carbons (Fsp3) is 0.200. The summed E-state index contributed by atoms with van der Waals surface area (Å²) in [6, 6.07) is 10.2. The molecular formula is C20H21NO5. The van der Waals surface area contributed by atoms with Crippen LogP contribution in [0.25, 0.3) is 6.08 Å². The molecule has 2 aromatic rings. The standard InChI is InChI=1S/C20H21NO5/c1-13(22)15-6-5-7-16(12-15)21-19(23)9-8-14-10-17(24-2)20(26-4)18(11-14)25-3/h5-12H,1-4H3,(H,21,23). The zero-order valence-corrected chi connectivity index (χ0v) is 15.2. The summed E-state index contributed by atoms with van der Waals surface area (Å²) < 4.78 is 15.8. The van der Waals surface area contributed by atoms with Crippen LogP contribution in [0.4, 0.5) is 5.69 Å². The van der Waals surface area contributed by atoms with Crippen LogP contribution in [0.2, 0.25) is 0 Å². The van der Waals surface area contributed by atoms with E-state index in [1.165, 1.54) is 34.3 Å². The first kappa shape index (κ1) is 19.1. The number of hydrogen-bond acceptors (Lipinski definition) is 5. The van der Waals surface area contributed by atoms with E-state index in [1.807, 2.05) is 0 Å². The second kappa shape index (κ2) is 8.71. The highest BCUT2D eigenvalue weighted by molar-refractivity contribution is 6.03. The van der Waals surface area contributed by atoms with Crippen molar-refractivity contribution in [3.63, 3.8) is 0 Å². The highest BCUT2D eigenvalue weighted by Gasteiger charge is 2.12. The van der Waals surface area contributed by atoms with Crippen molar-refractivity contribution in [2.24, 2.45) is 0 Å². The van der Waals surface area contributed by atoms with E-state index in [1.54, 1.807) is 42.5 Å². The van der Waals surface area contributed by atoms with Crippen molar-refractivity contribution in [1.29, 1.82) is 0 Å². The second-order valence-electron chi connectivity index (χ2n) is 5.42. The van der Waals surface area contributed by atoms with Gasteiger partial charge in [0.15, 0.2) is 17.3 Å². The Morgan fingerprint density at radius 2 is 1.62 bits per heavy atom. The van der Waals surface area contributed by atoms with Gasteiger partial charge in [0.05, 0.1) is 21.3 Å². The molecule has 0 aliphatic rings. The molecule has 0 atom stereocenters. The summed E-state index contributed by atoms with van der Waals surface area (Å²) in [7, 11) is 4.58. The zero-order valence-electron chi connectivity index (χ0n) is 15.2. The SMILES string of the molecule is COc1cc(C=CC(=O)Nc2cccc(C(C)=O)c2)cc(OC)c1OC. The third kappa shape index (κ3) is 4.63. The maximum Gasteiger partial charge on any atom is 0.248 e. The van der Waals surface area contributed by atoms with Gasteiger partial charge in [-0.2, -0.15) is 0 Å². The van der Waals surface area contributed by atoms with Crippen LogP contribution in [0.5, 0.6) is 17.2 Å². The smallest absolute Gasteiger partial charge is 0.248 e. The molecule has 0 radical (unpaired) electrons. The normalized spacial score (nSPS) is 10.5. The lowest BCUT2D eigenvalue weighted by molar-refractivity contribution is -0.111. The van der Waals surface area contributed by atoms with Crippen molar-refractivity contribution < 1.29 is 23.8 Å². The van der Waals surface area contributed by atoms with Gasteiger partial charge in [-0.05, 0) is 42.8 Å². The van der Waals surface area contributed by atoms with E-state index in [9.17, 15) is 9.59 Å². The number of anilines is 1.